The van der Waals surface area contributed by atoms with Crippen LogP contribution in [-0.2, 0) is 16.9 Å². The molecule has 0 aliphatic carbocycles. The standard InChI is InChI=1S/C21H30FN5OS/c1-20(2,3)29(28)25-21(4,16-6-8-18(22)9-7-16)17-14-23-19(24-15-17)27-12-10-26(5)11-13-27/h6-9,14-15,25H,10-13H2,1-5H3/t21?,29-/m0/s1. The summed E-state index contributed by atoms with van der Waals surface area (Å²) in [6, 6.07) is 6.23. The molecule has 3 rings (SSSR count). The number of aromatic nitrogens is 2. The minimum Gasteiger partial charge on any atom is -0.598 e. The second kappa shape index (κ2) is 8.55. The van der Waals surface area contributed by atoms with Crippen LogP contribution < -0.4 is 9.62 Å². The maximum absolute atomic E-state index is 13.5. The van der Waals surface area contributed by atoms with Gasteiger partial charge < -0.3 is 14.4 Å². The van der Waals surface area contributed by atoms with Crippen molar-refractivity contribution in [3.05, 3.63) is 53.6 Å². The molecule has 1 aliphatic rings. The van der Waals surface area contributed by atoms with Crippen LogP contribution in [0.1, 0.15) is 38.8 Å². The first-order chi connectivity index (χ1) is 13.6. The molecule has 1 aromatic carbocycles. The lowest BCUT2D eigenvalue weighted by Gasteiger charge is -2.36. The van der Waals surface area contributed by atoms with Gasteiger partial charge in [-0.25, -0.2) is 14.4 Å². The highest BCUT2D eigenvalue weighted by molar-refractivity contribution is 7.90. The second-order valence-corrected chi connectivity index (χ2v) is 10.6. The van der Waals surface area contributed by atoms with Crippen molar-refractivity contribution in [3.63, 3.8) is 0 Å². The van der Waals surface area contributed by atoms with Crippen LogP contribution in [0.4, 0.5) is 10.3 Å². The Morgan fingerprint density at radius 3 is 2.03 bits per heavy atom. The fraction of sp³-hybridized carbons (Fsp3) is 0.524. The van der Waals surface area contributed by atoms with Crippen molar-refractivity contribution < 1.29 is 8.94 Å². The molecule has 0 saturated carbocycles. The molecule has 1 N–H and O–H groups in total. The van der Waals surface area contributed by atoms with E-state index in [1.807, 2.05) is 27.7 Å². The van der Waals surface area contributed by atoms with Crippen molar-refractivity contribution >= 4 is 17.3 Å². The van der Waals surface area contributed by atoms with E-state index in [1.54, 1.807) is 24.5 Å². The summed E-state index contributed by atoms with van der Waals surface area (Å²) in [6.07, 6.45) is 3.55. The number of benzene rings is 1. The average molecular weight is 420 g/mol. The van der Waals surface area contributed by atoms with Gasteiger partial charge in [0.05, 0.1) is 0 Å². The lowest BCUT2D eigenvalue weighted by atomic mass is 9.87. The quantitative estimate of drug-likeness (QED) is 0.752. The number of hydrogen-bond donors (Lipinski definition) is 1. The zero-order valence-electron chi connectivity index (χ0n) is 17.8. The molecular weight excluding hydrogens is 389 g/mol. The largest absolute Gasteiger partial charge is 0.598 e. The molecule has 1 saturated heterocycles. The molecule has 0 amide bonds. The summed E-state index contributed by atoms with van der Waals surface area (Å²) < 4.78 is 29.2. The molecule has 6 nitrogen and oxygen atoms in total. The molecule has 2 aromatic rings. The van der Waals surface area contributed by atoms with E-state index in [2.05, 4.69) is 31.5 Å². The van der Waals surface area contributed by atoms with Gasteiger partial charge in [-0.05, 0) is 52.4 Å². The highest BCUT2D eigenvalue weighted by Crippen LogP contribution is 2.32. The Labute approximate surface area is 175 Å². The molecule has 0 spiro atoms. The number of rotatable bonds is 5. The Morgan fingerprint density at radius 1 is 0.966 bits per heavy atom. The Bertz CT molecular complexity index is 803. The van der Waals surface area contributed by atoms with Gasteiger partial charge in [0.2, 0.25) is 5.95 Å². The summed E-state index contributed by atoms with van der Waals surface area (Å²) in [6.45, 7) is 11.4. The monoisotopic (exact) mass is 419 g/mol. The average Bonchev–Trinajstić information content (AvgIpc) is 2.68. The number of likely N-dealkylation sites (N-methyl/N-ethyl adjacent to an activating group) is 1. The van der Waals surface area contributed by atoms with Gasteiger partial charge in [-0.2, -0.15) is 0 Å². The van der Waals surface area contributed by atoms with E-state index in [-0.39, 0.29) is 5.82 Å². The van der Waals surface area contributed by atoms with Gasteiger partial charge >= 0.3 is 0 Å². The number of anilines is 1. The highest BCUT2D eigenvalue weighted by atomic mass is 32.2. The molecule has 2 atom stereocenters. The molecule has 1 aliphatic heterocycles. The predicted molar refractivity (Wildman–Crippen MR) is 116 cm³/mol. The smallest absolute Gasteiger partial charge is 0.225 e. The topological polar surface area (TPSA) is 67.3 Å². The molecule has 0 bridgehead atoms. The van der Waals surface area contributed by atoms with E-state index < -0.39 is 21.6 Å². The molecule has 0 radical (unpaired) electrons. The van der Waals surface area contributed by atoms with E-state index in [9.17, 15) is 8.94 Å². The molecule has 29 heavy (non-hydrogen) atoms. The third kappa shape index (κ3) is 5.06. The SMILES string of the molecule is CN1CCN(c2ncc(C(C)(N[S@@+]([O-])C(C)(C)C)c3ccc(F)cc3)cn2)CC1. The number of nitrogens with zero attached hydrogens (tertiary/aromatic N) is 4. The summed E-state index contributed by atoms with van der Waals surface area (Å²) in [5.74, 6) is 0.384. The molecule has 1 aromatic heterocycles. The van der Waals surface area contributed by atoms with Crippen LogP contribution in [0.3, 0.4) is 0 Å². The molecule has 2 heterocycles. The Morgan fingerprint density at radius 2 is 1.52 bits per heavy atom. The number of piperazine rings is 1. The van der Waals surface area contributed by atoms with Crippen molar-refractivity contribution in [3.8, 4) is 0 Å². The van der Waals surface area contributed by atoms with Crippen LogP contribution >= 0.6 is 0 Å². The number of halogens is 1. The molecule has 1 unspecified atom stereocenters. The molecule has 158 valence electrons. The Hall–Kier alpha value is -1.74. The second-order valence-electron chi connectivity index (χ2n) is 8.68. The third-order valence-electron chi connectivity index (χ3n) is 5.28. The Balaban J connectivity index is 1.92. The van der Waals surface area contributed by atoms with E-state index >= 15 is 0 Å². The summed E-state index contributed by atoms with van der Waals surface area (Å²) in [5, 5.41) is 0. The first kappa shape index (κ1) is 22.0. The summed E-state index contributed by atoms with van der Waals surface area (Å²) in [5.41, 5.74) is 0.749. The molecular formula is C21H30FN5OS. The van der Waals surface area contributed by atoms with Crippen LogP contribution in [0, 0.1) is 5.82 Å². The van der Waals surface area contributed by atoms with E-state index in [0.29, 0.717) is 5.95 Å². The van der Waals surface area contributed by atoms with E-state index in [1.165, 1.54) is 12.1 Å². The van der Waals surface area contributed by atoms with Gasteiger partial charge in [-0.3, -0.25) is 0 Å². The minimum atomic E-state index is -1.34. The van der Waals surface area contributed by atoms with Crippen molar-refractivity contribution in [2.75, 3.05) is 38.1 Å². The number of nitrogens with one attached hydrogen (secondary N) is 1. The first-order valence-corrected chi connectivity index (χ1v) is 11.0. The highest BCUT2D eigenvalue weighted by Gasteiger charge is 2.39. The fourth-order valence-corrected chi connectivity index (χ4v) is 4.07. The number of hydrogen-bond acceptors (Lipinski definition) is 6. The van der Waals surface area contributed by atoms with Crippen molar-refractivity contribution in [1.29, 1.82) is 0 Å². The minimum absolute atomic E-state index is 0.310. The summed E-state index contributed by atoms with van der Waals surface area (Å²) in [4.78, 5) is 13.6. The van der Waals surface area contributed by atoms with Gasteiger partial charge in [-0.1, -0.05) is 12.1 Å². The van der Waals surface area contributed by atoms with Crippen LogP contribution in [0.25, 0.3) is 0 Å². The maximum atomic E-state index is 13.5. The third-order valence-corrected chi connectivity index (χ3v) is 6.98. The van der Waals surface area contributed by atoms with Gasteiger partial charge in [0.1, 0.15) is 16.1 Å². The van der Waals surface area contributed by atoms with Crippen molar-refractivity contribution in [1.82, 2.24) is 19.6 Å². The lowest BCUT2D eigenvalue weighted by molar-refractivity contribution is 0.311. The van der Waals surface area contributed by atoms with Crippen LogP contribution in [0.5, 0.6) is 0 Å². The van der Waals surface area contributed by atoms with Crippen LogP contribution in [0.2, 0.25) is 0 Å². The maximum Gasteiger partial charge on any atom is 0.225 e. The Kier molecular flexibility index (Phi) is 6.48. The van der Waals surface area contributed by atoms with Gasteiger partial charge in [0, 0.05) is 55.5 Å². The molecule has 8 heteroatoms. The van der Waals surface area contributed by atoms with Gasteiger partial charge in [0.15, 0.2) is 0 Å². The fourth-order valence-electron chi connectivity index (χ4n) is 3.16. The zero-order valence-corrected chi connectivity index (χ0v) is 18.6. The van der Waals surface area contributed by atoms with Gasteiger partial charge in [0.25, 0.3) is 0 Å². The van der Waals surface area contributed by atoms with E-state index in [0.717, 1.165) is 37.3 Å². The van der Waals surface area contributed by atoms with Crippen molar-refractivity contribution in [2.24, 2.45) is 0 Å². The summed E-state index contributed by atoms with van der Waals surface area (Å²) in [7, 11) is 2.11. The van der Waals surface area contributed by atoms with Crippen molar-refractivity contribution in [2.45, 2.75) is 38.0 Å². The first-order valence-electron chi connectivity index (χ1n) is 9.81. The molecule has 1 fully saturated rings. The van der Waals surface area contributed by atoms with E-state index in [4.69, 9.17) is 0 Å². The van der Waals surface area contributed by atoms with Crippen LogP contribution in [0.15, 0.2) is 36.7 Å². The zero-order chi connectivity index (χ0) is 21.2. The lowest BCUT2D eigenvalue weighted by Crippen LogP contribution is -2.50. The van der Waals surface area contributed by atoms with Gasteiger partial charge in [-0.15, -0.1) is 4.72 Å². The summed E-state index contributed by atoms with van der Waals surface area (Å²) >= 11 is -1.34. The van der Waals surface area contributed by atoms with Crippen LogP contribution in [-0.4, -0.2) is 57.4 Å². The normalized spacial score (nSPS) is 19.1. The predicted octanol–water partition coefficient (Wildman–Crippen LogP) is 2.68.